The van der Waals surface area contributed by atoms with Gasteiger partial charge in [0.05, 0.1) is 18.6 Å². The molecule has 0 bridgehead atoms. The molecule has 0 spiro atoms. The lowest BCUT2D eigenvalue weighted by Crippen LogP contribution is -2.28. The van der Waals surface area contributed by atoms with Crippen molar-refractivity contribution in [2.24, 2.45) is 5.41 Å². The largest absolute Gasteiger partial charge is 0.488 e. The lowest BCUT2D eigenvalue weighted by molar-refractivity contribution is -0.155. The van der Waals surface area contributed by atoms with Crippen LogP contribution in [0.1, 0.15) is 40.5 Å². The van der Waals surface area contributed by atoms with E-state index in [4.69, 9.17) is 14.2 Å². The minimum Gasteiger partial charge on any atom is -0.488 e. The van der Waals surface area contributed by atoms with Gasteiger partial charge in [-0.2, -0.15) is 0 Å². The molecule has 1 unspecified atom stereocenters. The summed E-state index contributed by atoms with van der Waals surface area (Å²) >= 11 is 0. The Morgan fingerprint density at radius 2 is 1.82 bits per heavy atom. The number of carbonyl (C=O) groups is 1. The fourth-order valence-electron chi connectivity index (χ4n) is 1.67. The van der Waals surface area contributed by atoms with Crippen molar-refractivity contribution in [3.05, 3.63) is 30.3 Å². The molecule has 0 radical (unpaired) electrons. The second-order valence-corrected chi connectivity index (χ2v) is 5.91. The Morgan fingerprint density at radius 1 is 1.14 bits per heavy atom. The van der Waals surface area contributed by atoms with Crippen LogP contribution in [-0.4, -0.2) is 31.9 Å². The van der Waals surface area contributed by atoms with Crippen LogP contribution in [0.15, 0.2) is 30.3 Å². The van der Waals surface area contributed by atoms with E-state index in [0.717, 1.165) is 18.6 Å². The molecule has 4 heteroatoms. The van der Waals surface area contributed by atoms with Crippen LogP contribution in [0.4, 0.5) is 0 Å². The van der Waals surface area contributed by atoms with Gasteiger partial charge in [0.2, 0.25) is 0 Å². The first kappa shape index (κ1) is 18.5. The minimum atomic E-state index is -0.428. The molecule has 124 valence electrons. The smallest absolute Gasteiger partial charge is 0.311 e. The van der Waals surface area contributed by atoms with Crippen LogP contribution in [0, 0.1) is 5.41 Å². The molecule has 0 amide bonds. The van der Waals surface area contributed by atoms with Crippen LogP contribution in [-0.2, 0) is 14.3 Å². The average Bonchev–Trinajstić information content (AvgIpc) is 2.54. The van der Waals surface area contributed by atoms with E-state index in [1.807, 2.05) is 51.1 Å². The Kier molecular flexibility index (Phi) is 7.96. The molecule has 1 rings (SSSR count). The lowest BCUT2D eigenvalue weighted by Gasteiger charge is -2.21. The van der Waals surface area contributed by atoms with E-state index in [9.17, 15) is 4.79 Å². The Morgan fingerprint density at radius 3 is 2.41 bits per heavy atom. The summed E-state index contributed by atoms with van der Waals surface area (Å²) in [5.74, 6) is 0.667. The van der Waals surface area contributed by atoms with E-state index in [-0.39, 0.29) is 18.7 Å². The van der Waals surface area contributed by atoms with Gasteiger partial charge in [0, 0.05) is 0 Å². The standard InChI is InChI=1S/C18H28O4/c1-5-15(22-16-10-8-7-9-11-16)14-20-12-13-21-17(19)18(3,4)6-2/h7-11,15H,5-6,12-14H2,1-4H3. The Bertz CT molecular complexity index is 428. The average molecular weight is 308 g/mol. The van der Waals surface area contributed by atoms with Crippen LogP contribution >= 0.6 is 0 Å². The van der Waals surface area contributed by atoms with Gasteiger partial charge in [-0.1, -0.05) is 32.0 Å². The number of para-hydroxylation sites is 1. The van der Waals surface area contributed by atoms with E-state index in [1.165, 1.54) is 0 Å². The number of benzene rings is 1. The van der Waals surface area contributed by atoms with Gasteiger partial charge >= 0.3 is 5.97 Å². The van der Waals surface area contributed by atoms with Gasteiger partial charge in [0.25, 0.3) is 0 Å². The van der Waals surface area contributed by atoms with Gasteiger partial charge < -0.3 is 14.2 Å². The molecule has 0 saturated heterocycles. The fraction of sp³-hybridized carbons (Fsp3) is 0.611. The van der Waals surface area contributed by atoms with Gasteiger partial charge in [0.1, 0.15) is 18.5 Å². The summed E-state index contributed by atoms with van der Waals surface area (Å²) in [5, 5.41) is 0. The van der Waals surface area contributed by atoms with Gasteiger partial charge in [-0.05, 0) is 38.8 Å². The molecule has 0 aliphatic rings. The van der Waals surface area contributed by atoms with Gasteiger partial charge in [-0.3, -0.25) is 4.79 Å². The molecular formula is C18H28O4. The zero-order chi connectivity index (χ0) is 16.4. The molecule has 4 nitrogen and oxygen atoms in total. The number of hydrogen-bond acceptors (Lipinski definition) is 4. The molecule has 1 aromatic carbocycles. The summed E-state index contributed by atoms with van der Waals surface area (Å²) in [7, 11) is 0. The first-order chi connectivity index (χ1) is 10.5. The normalized spacial score (nSPS) is 12.7. The molecule has 22 heavy (non-hydrogen) atoms. The summed E-state index contributed by atoms with van der Waals surface area (Å²) < 4.78 is 16.6. The van der Waals surface area contributed by atoms with E-state index in [2.05, 4.69) is 6.92 Å². The first-order valence-electron chi connectivity index (χ1n) is 7.96. The SMILES string of the molecule is CCC(COCCOC(=O)C(C)(C)CC)Oc1ccccc1. The van der Waals surface area contributed by atoms with E-state index in [1.54, 1.807) is 0 Å². The van der Waals surface area contributed by atoms with Crippen LogP contribution in [0.2, 0.25) is 0 Å². The molecule has 1 aromatic rings. The zero-order valence-corrected chi connectivity index (χ0v) is 14.1. The third-order valence-corrected chi connectivity index (χ3v) is 3.70. The maximum atomic E-state index is 11.8. The number of rotatable bonds is 10. The summed E-state index contributed by atoms with van der Waals surface area (Å²) in [5.41, 5.74) is -0.428. The third kappa shape index (κ3) is 6.48. The van der Waals surface area contributed by atoms with Crippen molar-refractivity contribution >= 4 is 5.97 Å². The Labute approximate surface area is 133 Å². The van der Waals surface area contributed by atoms with Crippen molar-refractivity contribution < 1.29 is 19.0 Å². The summed E-state index contributed by atoms with van der Waals surface area (Å²) in [6.07, 6.45) is 1.62. The highest BCUT2D eigenvalue weighted by molar-refractivity contribution is 5.75. The van der Waals surface area contributed by atoms with Crippen LogP contribution in [0.25, 0.3) is 0 Å². The highest BCUT2D eigenvalue weighted by atomic mass is 16.6. The monoisotopic (exact) mass is 308 g/mol. The number of esters is 1. The number of hydrogen-bond donors (Lipinski definition) is 0. The predicted octanol–water partition coefficient (Wildman–Crippen LogP) is 3.84. The van der Waals surface area contributed by atoms with Gasteiger partial charge in [0.15, 0.2) is 0 Å². The second kappa shape index (κ2) is 9.46. The Hall–Kier alpha value is -1.55. The molecule has 0 N–H and O–H groups in total. The molecule has 0 aliphatic carbocycles. The molecule has 1 atom stereocenters. The highest BCUT2D eigenvalue weighted by Crippen LogP contribution is 2.21. The topological polar surface area (TPSA) is 44.8 Å². The van der Waals surface area contributed by atoms with Crippen molar-refractivity contribution in [1.29, 1.82) is 0 Å². The predicted molar refractivity (Wildman–Crippen MR) is 87.0 cm³/mol. The molecule has 0 heterocycles. The molecule has 0 fully saturated rings. The third-order valence-electron chi connectivity index (χ3n) is 3.70. The van der Waals surface area contributed by atoms with Gasteiger partial charge in [-0.25, -0.2) is 0 Å². The molecule has 0 aromatic heterocycles. The Balaban J connectivity index is 2.21. The minimum absolute atomic E-state index is 0.00480. The van der Waals surface area contributed by atoms with Crippen molar-refractivity contribution in [3.63, 3.8) is 0 Å². The maximum Gasteiger partial charge on any atom is 0.311 e. The quantitative estimate of drug-likeness (QED) is 0.486. The van der Waals surface area contributed by atoms with Crippen LogP contribution in [0.3, 0.4) is 0 Å². The summed E-state index contributed by atoms with van der Waals surface area (Å²) in [6, 6.07) is 9.70. The maximum absolute atomic E-state index is 11.8. The van der Waals surface area contributed by atoms with Crippen molar-refractivity contribution in [1.82, 2.24) is 0 Å². The van der Waals surface area contributed by atoms with E-state index in [0.29, 0.717) is 13.2 Å². The summed E-state index contributed by atoms with van der Waals surface area (Å²) in [4.78, 5) is 11.8. The van der Waals surface area contributed by atoms with Crippen molar-refractivity contribution in [2.75, 3.05) is 19.8 Å². The van der Waals surface area contributed by atoms with E-state index < -0.39 is 5.41 Å². The highest BCUT2D eigenvalue weighted by Gasteiger charge is 2.26. The molecular weight excluding hydrogens is 280 g/mol. The van der Waals surface area contributed by atoms with Crippen LogP contribution < -0.4 is 4.74 Å². The molecule has 0 aliphatic heterocycles. The zero-order valence-electron chi connectivity index (χ0n) is 14.1. The van der Waals surface area contributed by atoms with Gasteiger partial charge in [-0.15, -0.1) is 0 Å². The fourth-order valence-corrected chi connectivity index (χ4v) is 1.67. The summed E-state index contributed by atoms with van der Waals surface area (Å²) in [6.45, 7) is 8.96. The van der Waals surface area contributed by atoms with Crippen molar-refractivity contribution in [3.8, 4) is 5.75 Å². The first-order valence-corrected chi connectivity index (χ1v) is 7.96. The number of carbonyl (C=O) groups excluding carboxylic acids is 1. The number of ether oxygens (including phenoxy) is 3. The van der Waals surface area contributed by atoms with Crippen molar-refractivity contribution in [2.45, 2.75) is 46.6 Å². The lowest BCUT2D eigenvalue weighted by atomic mass is 9.91. The second-order valence-electron chi connectivity index (χ2n) is 5.91. The molecule has 0 saturated carbocycles. The van der Waals surface area contributed by atoms with E-state index >= 15 is 0 Å². The van der Waals surface area contributed by atoms with Crippen LogP contribution in [0.5, 0.6) is 5.75 Å².